The number of pyridine rings is 1. The number of rotatable bonds is 6. The van der Waals surface area contributed by atoms with Crippen LogP contribution in [0.4, 0.5) is 5.69 Å². The van der Waals surface area contributed by atoms with Gasteiger partial charge in [0.1, 0.15) is 12.3 Å². The molecule has 0 saturated heterocycles. The first-order chi connectivity index (χ1) is 14.2. The number of hydrogen-bond acceptors (Lipinski definition) is 2. The van der Waals surface area contributed by atoms with Crippen molar-refractivity contribution in [1.82, 2.24) is 0 Å². The van der Waals surface area contributed by atoms with Gasteiger partial charge >= 0.3 is 0 Å². The summed E-state index contributed by atoms with van der Waals surface area (Å²) in [5.41, 5.74) is 6.21. The summed E-state index contributed by atoms with van der Waals surface area (Å²) < 4.78 is 7.75. The molecule has 0 saturated carbocycles. The second-order valence-corrected chi connectivity index (χ2v) is 7.46. The van der Waals surface area contributed by atoms with Gasteiger partial charge in [-0.2, -0.15) is 4.57 Å². The highest BCUT2D eigenvalue weighted by Crippen LogP contribution is 2.34. The number of aryl methyl sites for hydroxylation is 1. The van der Waals surface area contributed by atoms with E-state index in [4.69, 9.17) is 4.74 Å². The van der Waals surface area contributed by atoms with E-state index in [0.717, 1.165) is 31.7 Å². The SMILES string of the molecule is CCCN1/C(=C\c2cc[n+](CCC)c3ccccc23)C=Cc2cc(OC)ccc21. The average Bonchev–Trinajstić information content (AvgIpc) is 2.76. The third-order valence-electron chi connectivity index (χ3n) is 5.44. The van der Waals surface area contributed by atoms with Gasteiger partial charge in [-0.15, -0.1) is 0 Å². The standard InChI is InChI=1S/C26H29N2O/c1-4-15-27-17-14-20(24-8-6-7-9-26(24)27)18-22-11-10-21-19-23(29-3)12-13-25(21)28(22)16-5-2/h6-14,17-19H,4-5,15-16H2,1-3H3/q+1. The van der Waals surface area contributed by atoms with E-state index in [1.54, 1.807) is 7.11 Å². The first kappa shape index (κ1) is 19.3. The summed E-state index contributed by atoms with van der Waals surface area (Å²) >= 11 is 0. The van der Waals surface area contributed by atoms with Gasteiger partial charge in [-0.25, -0.2) is 0 Å². The maximum absolute atomic E-state index is 5.41. The van der Waals surface area contributed by atoms with Crippen molar-refractivity contribution >= 4 is 28.7 Å². The minimum absolute atomic E-state index is 0.895. The molecular weight excluding hydrogens is 356 g/mol. The van der Waals surface area contributed by atoms with Crippen LogP contribution in [0, 0.1) is 0 Å². The quantitative estimate of drug-likeness (QED) is 0.496. The largest absolute Gasteiger partial charge is 0.497 e. The predicted molar refractivity (Wildman–Crippen MR) is 122 cm³/mol. The molecule has 4 rings (SSSR count). The smallest absolute Gasteiger partial charge is 0.213 e. The molecule has 2 heterocycles. The van der Waals surface area contributed by atoms with E-state index in [-0.39, 0.29) is 0 Å². The van der Waals surface area contributed by atoms with E-state index in [1.807, 2.05) is 6.07 Å². The maximum Gasteiger partial charge on any atom is 0.213 e. The van der Waals surface area contributed by atoms with Gasteiger partial charge in [-0.05, 0) is 48.4 Å². The number of allylic oxidation sites excluding steroid dienone is 1. The molecule has 148 valence electrons. The van der Waals surface area contributed by atoms with Crippen molar-refractivity contribution in [2.24, 2.45) is 0 Å². The Kier molecular flexibility index (Phi) is 5.66. The fraction of sp³-hybridized carbons (Fsp3) is 0.269. The molecule has 1 aromatic heterocycles. The van der Waals surface area contributed by atoms with Crippen molar-refractivity contribution in [1.29, 1.82) is 0 Å². The summed E-state index contributed by atoms with van der Waals surface area (Å²) in [6, 6.07) is 17.3. The number of ether oxygens (including phenoxy) is 1. The highest BCUT2D eigenvalue weighted by Gasteiger charge is 2.18. The molecule has 0 bridgehead atoms. The highest BCUT2D eigenvalue weighted by atomic mass is 16.5. The summed E-state index contributed by atoms with van der Waals surface area (Å²) in [5, 5.41) is 1.29. The van der Waals surface area contributed by atoms with E-state index >= 15 is 0 Å². The molecule has 0 atom stereocenters. The number of benzene rings is 2. The lowest BCUT2D eigenvalue weighted by Gasteiger charge is -2.30. The Morgan fingerprint density at radius 3 is 2.66 bits per heavy atom. The molecule has 3 heteroatoms. The van der Waals surface area contributed by atoms with Crippen LogP contribution in [0.25, 0.3) is 23.1 Å². The summed E-state index contributed by atoms with van der Waals surface area (Å²) in [6.45, 7) is 6.47. The van der Waals surface area contributed by atoms with Gasteiger partial charge in [-0.1, -0.05) is 32.1 Å². The molecule has 29 heavy (non-hydrogen) atoms. The molecule has 1 aliphatic rings. The molecule has 1 aliphatic heterocycles. The number of anilines is 1. The minimum atomic E-state index is 0.895. The fourth-order valence-electron chi connectivity index (χ4n) is 4.07. The lowest BCUT2D eigenvalue weighted by Crippen LogP contribution is -2.34. The molecule has 3 nitrogen and oxygen atoms in total. The Morgan fingerprint density at radius 2 is 1.86 bits per heavy atom. The molecule has 0 unspecified atom stereocenters. The van der Waals surface area contributed by atoms with Gasteiger partial charge in [0.05, 0.1) is 12.5 Å². The molecule has 0 amide bonds. The van der Waals surface area contributed by atoms with Crippen molar-refractivity contribution in [2.75, 3.05) is 18.6 Å². The normalized spacial score (nSPS) is 14.4. The number of para-hydroxylation sites is 1. The van der Waals surface area contributed by atoms with Gasteiger partial charge < -0.3 is 9.64 Å². The molecule has 2 aromatic carbocycles. The second-order valence-electron chi connectivity index (χ2n) is 7.46. The molecule has 3 aromatic rings. The molecule has 0 spiro atoms. The van der Waals surface area contributed by atoms with Crippen LogP contribution in [0.3, 0.4) is 0 Å². The summed E-state index contributed by atoms with van der Waals surface area (Å²) in [4.78, 5) is 2.41. The first-order valence-electron chi connectivity index (χ1n) is 10.5. The van der Waals surface area contributed by atoms with Crippen molar-refractivity contribution in [2.45, 2.75) is 33.2 Å². The predicted octanol–water partition coefficient (Wildman–Crippen LogP) is 5.83. The molecule has 0 fully saturated rings. The minimum Gasteiger partial charge on any atom is -0.497 e. The van der Waals surface area contributed by atoms with Crippen LogP contribution in [-0.4, -0.2) is 13.7 Å². The third-order valence-corrected chi connectivity index (χ3v) is 5.44. The molecule has 0 N–H and O–H groups in total. The van der Waals surface area contributed by atoms with E-state index in [2.05, 4.69) is 90.2 Å². The van der Waals surface area contributed by atoms with E-state index < -0.39 is 0 Å². The van der Waals surface area contributed by atoms with Crippen LogP contribution in [0.2, 0.25) is 0 Å². The van der Waals surface area contributed by atoms with Crippen LogP contribution < -0.4 is 14.2 Å². The van der Waals surface area contributed by atoms with Crippen LogP contribution in [0.5, 0.6) is 5.75 Å². The van der Waals surface area contributed by atoms with Gasteiger partial charge in [0.2, 0.25) is 5.52 Å². The van der Waals surface area contributed by atoms with E-state index in [1.165, 1.54) is 33.4 Å². The zero-order chi connectivity index (χ0) is 20.2. The highest BCUT2D eigenvalue weighted by molar-refractivity contribution is 5.88. The Morgan fingerprint density at radius 1 is 1.00 bits per heavy atom. The van der Waals surface area contributed by atoms with Crippen LogP contribution >= 0.6 is 0 Å². The van der Waals surface area contributed by atoms with Gasteiger partial charge in [0, 0.05) is 42.0 Å². The fourth-order valence-corrected chi connectivity index (χ4v) is 4.07. The van der Waals surface area contributed by atoms with Crippen LogP contribution in [0.1, 0.15) is 37.8 Å². The topological polar surface area (TPSA) is 16.4 Å². The van der Waals surface area contributed by atoms with Gasteiger partial charge in [0.25, 0.3) is 0 Å². The number of aromatic nitrogens is 1. The third kappa shape index (κ3) is 3.77. The van der Waals surface area contributed by atoms with E-state index in [0.29, 0.717) is 0 Å². The molecular formula is C26H29N2O+. The number of nitrogens with zero attached hydrogens (tertiary/aromatic N) is 2. The lowest BCUT2D eigenvalue weighted by atomic mass is 10.0. The molecule has 0 aliphatic carbocycles. The molecule has 0 radical (unpaired) electrons. The van der Waals surface area contributed by atoms with Crippen molar-refractivity contribution in [3.63, 3.8) is 0 Å². The van der Waals surface area contributed by atoms with Crippen LogP contribution in [-0.2, 0) is 6.54 Å². The number of methoxy groups -OCH3 is 1. The lowest BCUT2D eigenvalue weighted by molar-refractivity contribution is -0.671. The summed E-state index contributed by atoms with van der Waals surface area (Å²) in [7, 11) is 1.72. The monoisotopic (exact) mass is 385 g/mol. The van der Waals surface area contributed by atoms with Crippen molar-refractivity contribution in [3.05, 3.63) is 77.6 Å². The summed E-state index contributed by atoms with van der Waals surface area (Å²) in [5.74, 6) is 0.895. The van der Waals surface area contributed by atoms with Gasteiger partial charge in [0.15, 0.2) is 6.20 Å². The van der Waals surface area contributed by atoms with Crippen molar-refractivity contribution in [3.8, 4) is 5.75 Å². The first-order valence-corrected chi connectivity index (χ1v) is 10.5. The Labute approximate surface area is 173 Å². The Balaban J connectivity index is 1.81. The summed E-state index contributed by atoms with van der Waals surface area (Å²) in [6.07, 6.45) is 11.2. The van der Waals surface area contributed by atoms with Crippen LogP contribution in [0.15, 0.2) is 66.5 Å². The number of fused-ring (bicyclic) bond motifs is 2. The zero-order valence-electron chi connectivity index (χ0n) is 17.6. The Hall–Kier alpha value is -3.07. The Bertz CT molecular complexity index is 1080. The van der Waals surface area contributed by atoms with E-state index in [9.17, 15) is 0 Å². The van der Waals surface area contributed by atoms with Crippen molar-refractivity contribution < 1.29 is 9.30 Å². The average molecular weight is 386 g/mol. The zero-order valence-corrected chi connectivity index (χ0v) is 17.6. The second kappa shape index (κ2) is 8.52. The van der Waals surface area contributed by atoms with Gasteiger partial charge in [-0.3, -0.25) is 0 Å². The number of hydrogen-bond donors (Lipinski definition) is 0. The maximum atomic E-state index is 5.41.